The molecule has 0 aromatic carbocycles. The van der Waals surface area contributed by atoms with Gasteiger partial charge in [0.05, 0.1) is 13.1 Å². The fourth-order valence-electron chi connectivity index (χ4n) is 4.08. The second-order valence-corrected chi connectivity index (χ2v) is 9.69. The number of carboxylic acid groups (broad SMARTS) is 2. The van der Waals surface area contributed by atoms with Crippen molar-refractivity contribution in [3.63, 3.8) is 0 Å². The van der Waals surface area contributed by atoms with E-state index in [1.165, 1.54) is 24.2 Å². The number of nitrogens with one attached hydrogen (secondary N) is 2. The van der Waals surface area contributed by atoms with Gasteiger partial charge < -0.3 is 36.3 Å². The molecular weight excluding hydrogens is 508 g/mol. The zero-order valence-electron chi connectivity index (χ0n) is 23.2. The summed E-state index contributed by atoms with van der Waals surface area (Å²) in [6.07, 6.45) is 13.2. The number of hydrogen-bond acceptors (Lipinski definition) is 7. The molecule has 0 aliphatic carbocycles. The number of aldehydes is 1. The molecule has 6 N–H and O–H groups in total. The summed E-state index contributed by atoms with van der Waals surface area (Å²) in [4.78, 5) is 69.6. The number of rotatable bonds is 26. The minimum Gasteiger partial charge on any atom is -0.481 e. The molecule has 1 unspecified atom stereocenters. The van der Waals surface area contributed by atoms with Gasteiger partial charge in [0.25, 0.3) is 0 Å². The van der Waals surface area contributed by atoms with Gasteiger partial charge in [-0.2, -0.15) is 0 Å². The molecule has 0 rings (SSSR count). The van der Waals surface area contributed by atoms with Crippen molar-refractivity contribution in [2.45, 2.75) is 109 Å². The summed E-state index contributed by atoms with van der Waals surface area (Å²) in [5.74, 6) is -3.12. The van der Waals surface area contributed by atoms with E-state index < -0.39 is 29.8 Å². The van der Waals surface area contributed by atoms with Crippen molar-refractivity contribution < 1.29 is 39.0 Å². The highest BCUT2D eigenvalue weighted by Crippen LogP contribution is 2.13. The van der Waals surface area contributed by atoms with E-state index in [1.54, 1.807) is 0 Å². The first-order chi connectivity index (χ1) is 18.7. The summed E-state index contributed by atoms with van der Waals surface area (Å²) in [6, 6.07) is -1.16. The number of unbranched alkanes of at least 4 members (excludes halogenated alkanes) is 11. The average molecular weight is 557 g/mol. The monoisotopic (exact) mass is 556 g/mol. The van der Waals surface area contributed by atoms with Crippen LogP contribution in [-0.4, -0.2) is 83.3 Å². The van der Waals surface area contributed by atoms with E-state index in [2.05, 4.69) is 10.6 Å². The van der Waals surface area contributed by atoms with Gasteiger partial charge in [0.15, 0.2) is 0 Å². The van der Waals surface area contributed by atoms with Crippen molar-refractivity contribution in [2.24, 2.45) is 5.73 Å². The van der Waals surface area contributed by atoms with Crippen molar-refractivity contribution in [3.8, 4) is 0 Å². The SMILES string of the molecule is NCC(=O)N(CC=O)CCNC(=O)CCC(NC(=O)CCCCCCCCCCCCCCC(=O)O)C(=O)O. The molecular formula is C27H48N4O8. The van der Waals surface area contributed by atoms with Crippen LogP contribution in [0.15, 0.2) is 0 Å². The number of nitrogens with zero attached hydrogens (tertiary/aromatic N) is 1. The molecule has 0 saturated carbocycles. The molecule has 12 heteroatoms. The van der Waals surface area contributed by atoms with Gasteiger partial charge in [-0.3, -0.25) is 19.2 Å². The van der Waals surface area contributed by atoms with Gasteiger partial charge in [0, 0.05) is 32.4 Å². The highest BCUT2D eigenvalue weighted by Gasteiger charge is 2.21. The smallest absolute Gasteiger partial charge is 0.326 e. The molecule has 3 amide bonds. The summed E-state index contributed by atoms with van der Waals surface area (Å²) in [7, 11) is 0. The van der Waals surface area contributed by atoms with E-state index in [1.807, 2.05) is 0 Å². The van der Waals surface area contributed by atoms with Gasteiger partial charge in [0.1, 0.15) is 12.3 Å². The second-order valence-electron chi connectivity index (χ2n) is 9.69. The van der Waals surface area contributed by atoms with Crippen LogP contribution >= 0.6 is 0 Å². The molecule has 1 atom stereocenters. The number of nitrogens with two attached hydrogens (primary N) is 1. The van der Waals surface area contributed by atoms with E-state index in [9.17, 15) is 33.9 Å². The van der Waals surface area contributed by atoms with Crippen LogP contribution in [0.2, 0.25) is 0 Å². The summed E-state index contributed by atoms with van der Waals surface area (Å²) >= 11 is 0. The number of carbonyl (C=O) groups is 6. The molecule has 0 aliphatic rings. The Kier molecular flexibility index (Phi) is 22.2. The molecule has 12 nitrogen and oxygen atoms in total. The van der Waals surface area contributed by atoms with Crippen molar-refractivity contribution in [3.05, 3.63) is 0 Å². The molecule has 0 fully saturated rings. The highest BCUT2D eigenvalue weighted by molar-refractivity contribution is 5.84. The predicted octanol–water partition coefficient (Wildman–Crippen LogP) is 1.98. The molecule has 0 heterocycles. The van der Waals surface area contributed by atoms with E-state index in [0.29, 0.717) is 12.7 Å². The Morgan fingerprint density at radius 1 is 0.744 bits per heavy atom. The lowest BCUT2D eigenvalue weighted by Gasteiger charge is -2.19. The van der Waals surface area contributed by atoms with Crippen LogP contribution in [0.5, 0.6) is 0 Å². The lowest BCUT2D eigenvalue weighted by atomic mass is 10.0. The zero-order valence-corrected chi connectivity index (χ0v) is 23.2. The zero-order chi connectivity index (χ0) is 29.3. The van der Waals surface area contributed by atoms with Gasteiger partial charge in [-0.1, -0.05) is 64.2 Å². The summed E-state index contributed by atoms with van der Waals surface area (Å²) in [5, 5.41) is 23.0. The number of carbonyl (C=O) groups excluding carboxylic acids is 4. The van der Waals surface area contributed by atoms with Crippen LogP contribution in [0.1, 0.15) is 103 Å². The maximum atomic E-state index is 12.2. The number of amides is 3. The largest absolute Gasteiger partial charge is 0.481 e. The third kappa shape index (κ3) is 21.6. The van der Waals surface area contributed by atoms with Crippen LogP contribution in [0, 0.1) is 0 Å². The number of hydrogen-bond donors (Lipinski definition) is 5. The summed E-state index contributed by atoms with van der Waals surface area (Å²) < 4.78 is 0. The Morgan fingerprint density at radius 3 is 1.72 bits per heavy atom. The Morgan fingerprint density at radius 2 is 1.26 bits per heavy atom. The van der Waals surface area contributed by atoms with Crippen molar-refractivity contribution in [2.75, 3.05) is 26.2 Å². The van der Waals surface area contributed by atoms with E-state index in [0.717, 1.165) is 51.4 Å². The van der Waals surface area contributed by atoms with Crippen molar-refractivity contribution in [1.82, 2.24) is 15.5 Å². The minimum absolute atomic E-state index is 0.0605. The van der Waals surface area contributed by atoms with E-state index in [-0.39, 0.29) is 57.8 Å². The summed E-state index contributed by atoms with van der Waals surface area (Å²) in [5.41, 5.74) is 5.28. The number of carboxylic acids is 2. The Hall–Kier alpha value is -3.02. The van der Waals surface area contributed by atoms with Crippen molar-refractivity contribution in [1.29, 1.82) is 0 Å². The first-order valence-corrected chi connectivity index (χ1v) is 14.1. The Labute approximate surface area is 231 Å². The Balaban J connectivity index is 3.89. The molecule has 0 aromatic heterocycles. The van der Waals surface area contributed by atoms with Crippen LogP contribution < -0.4 is 16.4 Å². The average Bonchev–Trinajstić information content (AvgIpc) is 2.89. The van der Waals surface area contributed by atoms with Gasteiger partial charge >= 0.3 is 11.9 Å². The maximum absolute atomic E-state index is 12.2. The maximum Gasteiger partial charge on any atom is 0.326 e. The van der Waals surface area contributed by atoms with Gasteiger partial charge in [-0.25, -0.2) is 4.79 Å². The standard InChI is InChI=1S/C27H48N4O8/c28-21-25(35)31(19-20-32)18-17-29-23(33)16-15-22(27(38)39)30-24(34)13-11-9-7-5-3-1-2-4-6-8-10-12-14-26(36)37/h20,22H,1-19,21,28H2,(H,29,33)(H,30,34)(H,36,37)(H,38,39). The van der Waals surface area contributed by atoms with Gasteiger partial charge in [0.2, 0.25) is 17.7 Å². The first kappa shape index (κ1) is 36.0. The third-order valence-electron chi connectivity index (χ3n) is 6.36. The molecule has 0 aromatic rings. The van der Waals surface area contributed by atoms with Gasteiger partial charge in [-0.05, 0) is 19.3 Å². The normalized spacial score (nSPS) is 11.4. The quantitative estimate of drug-likeness (QED) is 0.0781. The van der Waals surface area contributed by atoms with E-state index >= 15 is 0 Å². The number of aliphatic carboxylic acids is 2. The van der Waals surface area contributed by atoms with Crippen molar-refractivity contribution >= 4 is 35.9 Å². The van der Waals surface area contributed by atoms with Crippen LogP contribution in [0.4, 0.5) is 0 Å². The molecule has 39 heavy (non-hydrogen) atoms. The van der Waals surface area contributed by atoms with E-state index in [4.69, 9.17) is 10.8 Å². The third-order valence-corrected chi connectivity index (χ3v) is 6.36. The van der Waals surface area contributed by atoms with Gasteiger partial charge in [-0.15, -0.1) is 0 Å². The van der Waals surface area contributed by atoms with Crippen LogP contribution in [-0.2, 0) is 28.8 Å². The fourth-order valence-corrected chi connectivity index (χ4v) is 4.08. The lowest BCUT2D eigenvalue weighted by Crippen LogP contribution is -2.43. The molecule has 0 saturated heterocycles. The molecule has 0 radical (unpaired) electrons. The molecule has 0 spiro atoms. The Bertz CT molecular complexity index is 747. The molecule has 224 valence electrons. The molecule has 0 bridgehead atoms. The minimum atomic E-state index is -1.21. The van der Waals surface area contributed by atoms with Crippen LogP contribution in [0.25, 0.3) is 0 Å². The second kappa shape index (κ2) is 24.1. The van der Waals surface area contributed by atoms with Crippen LogP contribution in [0.3, 0.4) is 0 Å². The predicted molar refractivity (Wildman–Crippen MR) is 146 cm³/mol. The fraction of sp³-hybridized carbons (Fsp3) is 0.778. The lowest BCUT2D eigenvalue weighted by molar-refractivity contribution is -0.142. The topological polar surface area (TPSA) is 196 Å². The molecule has 0 aliphatic heterocycles. The first-order valence-electron chi connectivity index (χ1n) is 14.1. The highest BCUT2D eigenvalue weighted by atomic mass is 16.4. The summed E-state index contributed by atoms with van der Waals surface area (Å²) in [6.45, 7) is -0.169.